The van der Waals surface area contributed by atoms with Crippen LogP contribution in [0.25, 0.3) is 0 Å². The second-order valence-electron chi connectivity index (χ2n) is 5.43. The van der Waals surface area contributed by atoms with Crippen LogP contribution in [0.15, 0.2) is 12.3 Å². The summed E-state index contributed by atoms with van der Waals surface area (Å²) in [6.45, 7) is 4.89. The molecular weight excluding hydrogens is 359 g/mol. The van der Waals surface area contributed by atoms with Gasteiger partial charge in [-0.05, 0) is 19.8 Å². The van der Waals surface area contributed by atoms with Gasteiger partial charge in [0.25, 0.3) is 0 Å². The topological polar surface area (TPSA) is 62.7 Å². The molecule has 0 atom stereocenters. The van der Waals surface area contributed by atoms with Crippen LogP contribution >= 0.6 is 0 Å². The van der Waals surface area contributed by atoms with Gasteiger partial charge in [-0.3, -0.25) is 9.69 Å². The van der Waals surface area contributed by atoms with Crippen LogP contribution < -0.4 is 4.90 Å². The predicted molar refractivity (Wildman–Crippen MR) is 75.9 cm³/mol. The molecule has 0 unspecified atom stereocenters. The van der Waals surface area contributed by atoms with Crippen molar-refractivity contribution >= 4 is 17.8 Å². The summed E-state index contributed by atoms with van der Waals surface area (Å²) in [5, 5.41) is 0. The molecule has 1 radical (unpaired) electrons. The first-order valence-electron chi connectivity index (χ1n) is 7.19. The maximum Gasteiger partial charge on any atom is 0.410 e. The van der Waals surface area contributed by atoms with Gasteiger partial charge < -0.3 is 14.6 Å². The fraction of sp³-hybridized carbons (Fsp3) is 0.533. The first-order valence-corrected chi connectivity index (χ1v) is 7.19. The van der Waals surface area contributed by atoms with Gasteiger partial charge in [0.2, 0.25) is 5.91 Å². The van der Waals surface area contributed by atoms with Crippen LogP contribution in [0.2, 0.25) is 0 Å². The van der Waals surface area contributed by atoms with E-state index in [0.717, 1.165) is 5.56 Å². The molecule has 22 heavy (non-hydrogen) atoms. The molecule has 115 valence electrons. The van der Waals surface area contributed by atoms with Crippen molar-refractivity contribution in [3.8, 4) is 0 Å². The normalized spacial score (nSPS) is 18.9. The van der Waals surface area contributed by atoms with Crippen LogP contribution in [0.3, 0.4) is 0 Å². The SMILES string of the molecule is CCOC(=O)N1CCN(c2c[c-]c(C)cn2)C(=O)C12CC2.[Y]. The number of carbonyl (C=O) groups is 2. The van der Waals surface area contributed by atoms with E-state index < -0.39 is 11.6 Å². The molecular formula is C15H18N3O3Y-. The number of nitrogens with zero attached hydrogens (tertiary/aromatic N) is 3. The number of amides is 2. The Morgan fingerprint density at radius 3 is 2.73 bits per heavy atom. The van der Waals surface area contributed by atoms with Gasteiger partial charge in [-0.2, -0.15) is 6.07 Å². The Labute approximate surface area is 155 Å². The average Bonchev–Trinajstić information content (AvgIpc) is 3.25. The second kappa shape index (κ2) is 6.63. The molecule has 2 heterocycles. The molecule has 1 aliphatic carbocycles. The van der Waals surface area contributed by atoms with E-state index in [1.54, 1.807) is 29.0 Å². The Morgan fingerprint density at radius 2 is 2.18 bits per heavy atom. The van der Waals surface area contributed by atoms with Gasteiger partial charge in [0.05, 0.1) is 6.61 Å². The third-order valence-electron chi connectivity index (χ3n) is 4.01. The number of rotatable bonds is 2. The molecule has 2 fully saturated rings. The van der Waals surface area contributed by atoms with Crippen molar-refractivity contribution in [2.75, 3.05) is 24.6 Å². The number of hydrogen-bond donors (Lipinski definition) is 0. The summed E-state index contributed by atoms with van der Waals surface area (Å²) < 4.78 is 5.06. The number of hydrogen-bond acceptors (Lipinski definition) is 4. The van der Waals surface area contributed by atoms with Gasteiger partial charge in [-0.25, -0.2) is 4.79 Å². The smallest absolute Gasteiger partial charge is 0.410 e. The number of piperazine rings is 1. The van der Waals surface area contributed by atoms with E-state index in [4.69, 9.17) is 4.74 Å². The monoisotopic (exact) mass is 377 g/mol. The molecule has 0 bridgehead atoms. The fourth-order valence-electron chi connectivity index (χ4n) is 2.73. The zero-order valence-electron chi connectivity index (χ0n) is 12.8. The largest absolute Gasteiger partial charge is 0.450 e. The van der Waals surface area contributed by atoms with Crippen molar-refractivity contribution in [1.29, 1.82) is 0 Å². The van der Waals surface area contributed by atoms with Gasteiger partial charge in [0.1, 0.15) is 5.54 Å². The van der Waals surface area contributed by atoms with Gasteiger partial charge in [0.15, 0.2) is 0 Å². The molecule has 0 aromatic carbocycles. The molecule has 6 nitrogen and oxygen atoms in total. The number of ether oxygens (including phenoxy) is 1. The molecule has 1 saturated carbocycles. The average molecular weight is 377 g/mol. The molecule has 1 saturated heterocycles. The molecule has 1 aliphatic heterocycles. The summed E-state index contributed by atoms with van der Waals surface area (Å²) in [6, 6.07) is 4.78. The quantitative estimate of drug-likeness (QED) is 0.734. The summed E-state index contributed by atoms with van der Waals surface area (Å²) in [7, 11) is 0. The third kappa shape index (κ3) is 2.91. The summed E-state index contributed by atoms with van der Waals surface area (Å²) in [5.41, 5.74) is 0.217. The minimum Gasteiger partial charge on any atom is -0.450 e. The maximum absolute atomic E-state index is 12.7. The number of aromatic nitrogens is 1. The van der Waals surface area contributed by atoms with E-state index >= 15 is 0 Å². The van der Waals surface area contributed by atoms with Crippen molar-refractivity contribution < 1.29 is 47.0 Å². The Bertz CT molecular complexity index is 572. The van der Waals surface area contributed by atoms with Crippen LogP contribution in [-0.4, -0.2) is 47.1 Å². The summed E-state index contributed by atoms with van der Waals surface area (Å²) >= 11 is 0. The molecule has 0 N–H and O–H groups in total. The van der Waals surface area contributed by atoms with Crippen LogP contribution in [0.4, 0.5) is 10.6 Å². The molecule has 2 amide bonds. The number of aryl methyl sites for hydroxylation is 1. The second-order valence-corrected chi connectivity index (χ2v) is 5.43. The molecule has 1 spiro atoms. The van der Waals surface area contributed by atoms with E-state index in [0.29, 0.717) is 38.4 Å². The zero-order chi connectivity index (χ0) is 15.0. The van der Waals surface area contributed by atoms with Crippen LogP contribution in [-0.2, 0) is 42.2 Å². The first-order chi connectivity index (χ1) is 10.1. The van der Waals surface area contributed by atoms with E-state index in [9.17, 15) is 9.59 Å². The van der Waals surface area contributed by atoms with Crippen molar-refractivity contribution in [3.05, 3.63) is 23.9 Å². The Kier molecular flexibility index (Phi) is 5.23. The van der Waals surface area contributed by atoms with E-state index in [1.807, 2.05) is 6.92 Å². The summed E-state index contributed by atoms with van der Waals surface area (Å²) in [4.78, 5) is 32.3. The van der Waals surface area contributed by atoms with E-state index in [2.05, 4.69) is 11.1 Å². The van der Waals surface area contributed by atoms with Gasteiger partial charge >= 0.3 is 6.09 Å². The Hall–Kier alpha value is -1.01. The molecule has 7 heteroatoms. The van der Waals surface area contributed by atoms with E-state index in [-0.39, 0.29) is 38.6 Å². The van der Waals surface area contributed by atoms with Crippen LogP contribution in [0.5, 0.6) is 0 Å². The predicted octanol–water partition coefficient (Wildman–Crippen LogP) is 1.53. The fourth-order valence-corrected chi connectivity index (χ4v) is 2.73. The van der Waals surface area contributed by atoms with Crippen LogP contribution in [0.1, 0.15) is 25.3 Å². The van der Waals surface area contributed by atoms with Gasteiger partial charge in [-0.15, -0.1) is 11.6 Å². The maximum atomic E-state index is 12.7. The van der Waals surface area contributed by atoms with Crippen molar-refractivity contribution in [2.24, 2.45) is 0 Å². The molecule has 1 aromatic rings. The Balaban J connectivity index is 0.00000176. The first kappa shape index (κ1) is 17.3. The summed E-state index contributed by atoms with van der Waals surface area (Å²) in [5.74, 6) is 0.534. The molecule has 2 aliphatic rings. The number of carbonyl (C=O) groups excluding carboxylic acids is 2. The standard InChI is InChI=1S/C15H18N3O3.Y/c1-3-21-14(20)18-9-8-17(13(19)15(18)6-7-15)12-5-4-11(2)10-16-12;/h5,10H,3,6-9H2,1-2H3;/q-1;. The van der Waals surface area contributed by atoms with E-state index in [1.165, 1.54) is 0 Å². The van der Waals surface area contributed by atoms with Gasteiger partial charge in [-0.1, -0.05) is 13.1 Å². The van der Waals surface area contributed by atoms with Crippen molar-refractivity contribution in [2.45, 2.75) is 32.2 Å². The summed E-state index contributed by atoms with van der Waals surface area (Å²) in [6.07, 6.45) is 2.68. The number of pyridine rings is 1. The minimum atomic E-state index is -0.711. The third-order valence-corrected chi connectivity index (χ3v) is 4.01. The molecule has 1 aromatic heterocycles. The van der Waals surface area contributed by atoms with Gasteiger partial charge in [0, 0.05) is 51.6 Å². The molecule has 3 rings (SSSR count). The minimum absolute atomic E-state index is 0. The van der Waals surface area contributed by atoms with Crippen molar-refractivity contribution in [1.82, 2.24) is 9.88 Å². The zero-order valence-corrected chi connectivity index (χ0v) is 15.7. The number of anilines is 1. The Morgan fingerprint density at radius 1 is 1.45 bits per heavy atom. The van der Waals surface area contributed by atoms with Crippen molar-refractivity contribution in [3.63, 3.8) is 0 Å². The van der Waals surface area contributed by atoms with Crippen LogP contribution in [0, 0.1) is 13.0 Å².